The second-order valence-corrected chi connectivity index (χ2v) is 5.68. The second-order valence-electron chi connectivity index (χ2n) is 5.68. The SMILES string of the molecule is [2H]C([2H])([2H])C1OC(C)C(C([2H])([2H])[2H])N(CC(C)(C)C)C1C. The van der Waals surface area contributed by atoms with Gasteiger partial charge in [0, 0.05) is 26.9 Å². The van der Waals surface area contributed by atoms with Crippen LogP contribution in [0.3, 0.4) is 0 Å². The molecule has 15 heavy (non-hydrogen) atoms. The monoisotopic (exact) mass is 219 g/mol. The van der Waals surface area contributed by atoms with Gasteiger partial charge in [-0.3, -0.25) is 4.90 Å². The second kappa shape index (κ2) is 4.42. The molecule has 0 amide bonds. The van der Waals surface area contributed by atoms with Crippen molar-refractivity contribution in [3.05, 3.63) is 0 Å². The molecule has 4 unspecified atom stereocenters. The van der Waals surface area contributed by atoms with E-state index in [1.165, 1.54) is 0 Å². The first-order chi connectivity index (χ1) is 9.14. The van der Waals surface area contributed by atoms with Gasteiger partial charge in [0.15, 0.2) is 0 Å². The van der Waals surface area contributed by atoms with Crippen molar-refractivity contribution in [3.63, 3.8) is 0 Å². The summed E-state index contributed by atoms with van der Waals surface area (Å²) in [5.41, 5.74) is -0.131. The molecule has 1 heterocycles. The minimum absolute atomic E-state index is 0.131. The summed E-state index contributed by atoms with van der Waals surface area (Å²) in [6.45, 7) is 5.48. The average molecular weight is 219 g/mol. The van der Waals surface area contributed by atoms with E-state index in [9.17, 15) is 0 Å². The molecule has 1 rings (SSSR count). The third-order valence-electron chi connectivity index (χ3n) is 2.78. The molecule has 0 N–H and O–H groups in total. The third-order valence-corrected chi connectivity index (χ3v) is 2.78. The van der Waals surface area contributed by atoms with Crippen LogP contribution in [0.1, 0.15) is 56.5 Å². The van der Waals surface area contributed by atoms with Crippen molar-refractivity contribution in [2.24, 2.45) is 5.41 Å². The van der Waals surface area contributed by atoms with Gasteiger partial charge in [0.25, 0.3) is 0 Å². The van der Waals surface area contributed by atoms with Crippen molar-refractivity contribution in [3.8, 4) is 0 Å². The maximum absolute atomic E-state index is 7.78. The van der Waals surface area contributed by atoms with E-state index in [0.29, 0.717) is 6.54 Å². The highest BCUT2D eigenvalue weighted by Gasteiger charge is 2.36. The predicted molar refractivity (Wildman–Crippen MR) is 65.1 cm³/mol. The fraction of sp³-hybridized carbons (Fsp3) is 1.00. The van der Waals surface area contributed by atoms with Crippen LogP contribution in [0.25, 0.3) is 0 Å². The molecule has 2 nitrogen and oxygen atoms in total. The van der Waals surface area contributed by atoms with Crippen molar-refractivity contribution in [2.75, 3.05) is 6.54 Å². The van der Waals surface area contributed by atoms with Gasteiger partial charge in [-0.05, 0) is 33.0 Å². The van der Waals surface area contributed by atoms with Gasteiger partial charge in [-0.15, -0.1) is 0 Å². The molecule has 0 aromatic carbocycles. The van der Waals surface area contributed by atoms with E-state index >= 15 is 0 Å². The van der Waals surface area contributed by atoms with Crippen LogP contribution in [0.15, 0.2) is 0 Å². The van der Waals surface area contributed by atoms with Crippen molar-refractivity contribution in [2.45, 2.75) is 72.6 Å². The van der Waals surface area contributed by atoms with Crippen LogP contribution in [0.5, 0.6) is 0 Å². The van der Waals surface area contributed by atoms with Crippen LogP contribution in [-0.4, -0.2) is 35.7 Å². The summed E-state index contributed by atoms with van der Waals surface area (Å²) in [6.07, 6.45) is -1.62. The first-order valence-corrected chi connectivity index (χ1v) is 5.56. The molecule has 0 aromatic rings. The third kappa shape index (κ3) is 3.18. The summed E-state index contributed by atoms with van der Waals surface area (Å²) in [7, 11) is 0. The lowest BCUT2D eigenvalue weighted by Crippen LogP contribution is -2.58. The van der Waals surface area contributed by atoms with Crippen LogP contribution in [0.2, 0.25) is 0 Å². The molecule has 1 aliphatic heterocycles. The normalized spacial score (nSPS) is 47.0. The van der Waals surface area contributed by atoms with Crippen LogP contribution in [0, 0.1) is 5.41 Å². The van der Waals surface area contributed by atoms with E-state index in [0.717, 1.165) is 0 Å². The Morgan fingerprint density at radius 2 is 1.80 bits per heavy atom. The van der Waals surface area contributed by atoms with Gasteiger partial charge < -0.3 is 4.74 Å². The van der Waals surface area contributed by atoms with Gasteiger partial charge in [-0.2, -0.15) is 0 Å². The molecule has 0 spiro atoms. The molecule has 1 fully saturated rings. The molecule has 90 valence electrons. The summed E-state index contributed by atoms with van der Waals surface area (Å²) >= 11 is 0. The molecule has 4 atom stereocenters. The number of ether oxygens (including phenoxy) is 1. The average Bonchev–Trinajstić information content (AvgIpc) is 2.17. The van der Waals surface area contributed by atoms with E-state index < -0.39 is 38.0 Å². The summed E-state index contributed by atoms with van der Waals surface area (Å²) in [6, 6.07) is -1.26. The number of hydrogen-bond acceptors (Lipinski definition) is 2. The van der Waals surface area contributed by atoms with Crippen molar-refractivity contribution in [1.29, 1.82) is 0 Å². The largest absolute Gasteiger partial charge is 0.372 e. The van der Waals surface area contributed by atoms with Crippen LogP contribution in [0.4, 0.5) is 0 Å². The highest BCUT2D eigenvalue weighted by Crippen LogP contribution is 2.27. The van der Waals surface area contributed by atoms with E-state index in [2.05, 4.69) is 0 Å². The lowest BCUT2D eigenvalue weighted by molar-refractivity contribution is -0.136. The Hall–Kier alpha value is -0.0800. The zero-order chi connectivity index (χ0) is 16.8. The lowest BCUT2D eigenvalue weighted by Gasteiger charge is -2.48. The predicted octanol–water partition coefficient (Wildman–Crippen LogP) is 2.92. The quantitative estimate of drug-likeness (QED) is 0.672. The Morgan fingerprint density at radius 3 is 2.27 bits per heavy atom. The smallest absolute Gasteiger partial charge is 0.0704 e. The van der Waals surface area contributed by atoms with Gasteiger partial charge in [-0.25, -0.2) is 0 Å². The Bertz CT molecular complexity index is 359. The number of nitrogens with zero attached hydrogens (tertiary/aromatic N) is 1. The first-order valence-electron chi connectivity index (χ1n) is 8.56. The molecule has 2 heteroatoms. The topological polar surface area (TPSA) is 12.5 Å². The van der Waals surface area contributed by atoms with E-state index in [1.54, 1.807) is 18.7 Å². The first kappa shape index (κ1) is 6.61. The Morgan fingerprint density at radius 1 is 1.13 bits per heavy atom. The van der Waals surface area contributed by atoms with E-state index in [-0.39, 0.29) is 5.41 Å². The Kier molecular flexibility index (Phi) is 1.95. The summed E-state index contributed by atoms with van der Waals surface area (Å²) < 4.78 is 51.8. The van der Waals surface area contributed by atoms with E-state index in [1.807, 2.05) is 20.8 Å². The van der Waals surface area contributed by atoms with Crippen molar-refractivity contribution >= 4 is 0 Å². The lowest BCUT2D eigenvalue weighted by atomic mass is 9.92. The molecular weight excluding hydrogens is 186 g/mol. The van der Waals surface area contributed by atoms with Crippen molar-refractivity contribution in [1.82, 2.24) is 4.90 Å². The zero-order valence-electron chi connectivity index (χ0n) is 16.4. The minimum Gasteiger partial charge on any atom is -0.372 e. The summed E-state index contributed by atoms with van der Waals surface area (Å²) in [5.74, 6) is 0. The summed E-state index contributed by atoms with van der Waals surface area (Å²) in [4.78, 5) is 1.80. The zero-order valence-corrected chi connectivity index (χ0v) is 10.4. The molecule has 1 saturated heterocycles. The molecule has 0 aliphatic carbocycles. The molecular formula is C13H27NO. The number of hydrogen-bond donors (Lipinski definition) is 0. The van der Waals surface area contributed by atoms with Crippen LogP contribution < -0.4 is 0 Å². The molecule has 0 saturated carbocycles. The highest BCUT2D eigenvalue weighted by molar-refractivity contribution is 4.89. The number of rotatable bonds is 1. The van der Waals surface area contributed by atoms with E-state index in [4.69, 9.17) is 13.0 Å². The van der Waals surface area contributed by atoms with Crippen LogP contribution >= 0.6 is 0 Å². The standard InChI is InChI=1S/C13H27NO/c1-9-11(3)15-12(4)10(2)14(9)8-13(5,6)7/h9-12H,8H2,1-7H3/i1D3,4D3. The fourth-order valence-corrected chi connectivity index (χ4v) is 1.91. The van der Waals surface area contributed by atoms with Gasteiger partial charge in [0.1, 0.15) is 0 Å². The molecule has 0 radical (unpaired) electrons. The van der Waals surface area contributed by atoms with Gasteiger partial charge in [0.05, 0.1) is 12.2 Å². The van der Waals surface area contributed by atoms with Gasteiger partial charge in [-0.1, -0.05) is 20.8 Å². The van der Waals surface area contributed by atoms with Crippen LogP contribution in [-0.2, 0) is 4.74 Å². The Balaban J connectivity index is 3.17. The van der Waals surface area contributed by atoms with Crippen molar-refractivity contribution < 1.29 is 13.0 Å². The highest BCUT2D eigenvalue weighted by atomic mass is 16.5. The summed E-state index contributed by atoms with van der Waals surface area (Å²) in [5, 5.41) is 0. The maximum atomic E-state index is 7.78. The number of morpholine rings is 1. The van der Waals surface area contributed by atoms with Gasteiger partial charge >= 0.3 is 0 Å². The fourth-order valence-electron chi connectivity index (χ4n) is 1.91. The van der Waals surface area contributed by atoms with Gasteiger partial charge in [0.2, 0.25) is 0 Å². The Labute approximate surface area is 103 Å². The maximum Gasteiger partial charge on any atom is 0.0704 e. The molecule has 1 aliphatic rings. The molecule has 0 aromatic heterocycles. The minimum atomic E-state index is -2.26. The molecule has 0 bridgehead atoms.